The number of nitrogens with one attached hydrogen (secondary N) is 1. The maximum atomic E-state index is 12.6. The molecule has 0 fully saturated rings. The molecule has 2 heterocycles. The third kappa shape index (κ3) is 3.92. The molecule has 3 aromatic rings. The van der Waals surface area contributed by atoms with Gasteiger partial charge in [-0.3, -0.25) is 4.79 Å². The van der Waals surface area contributed by atoms with Crippen LogP contribution >= 0.6 is 0 Å². The number of carbonyl (C=O) groups is 1. The highest BCUT2D eigenvalue weighted by Crippen LogP contribution is 2.28. The molecule has 0 spiro atoms. The minimum absolute atomic E-state index is 0.0771. The van der Waals surface area contributed by atoms with Crippen LogP contribution in [0.4, 0.5) is 0 Å². The van der Waals surface area contributed by atoms with Gasteiger partial charge >= 0.3 is 0 Å². The van der Waals surface area contributed by atoms with Gasteiger partial charge in [-0.15, -0.1) is 0 Å². The highest BCUT2D eigenvalue weighted by molar-refractivity contribution is 5.97. The third-order valence-electron chi connectivity index (χ3n) is 5.61. The smallest absolute Gasteiger partial charge is 0.251 e. The zero-order chi connectivity index (χ0) is 20.4. The lowest BCUT2D eigenvalue weighted by Gasteiger charge is -2.19. The van der Waals surface area contributed by atoms with Crippen molar-refractivity contribution in [2.24, 2.45) is 5.92 Å². The van der Waals surface area contributed by atoms with Crippen LogP contribution in [0.5, 0.6) is 11.5 Å². The summed E-state index contributed by atoms with van der Waals surface area (Å²) in [7, 11) is 3.24. The van der Waals surface area contributed by atoms with E-state index in [2.05, 4.69) is 16.8 Å². The van der Waals surface area contributed by atoms with Crippen molar-refractivity contribution < 1.29 is 14.3 Å². The fourth-order valence-corrected chi connectivity index (χ4v) is 3.95. The Morgan fingerprint density at radius 2 is 2.00 bits per heavy atom. The van der Waals surface area contributed by atoms with Gasteiger partial charge in [-0.05, 0) is 54.7 Å². The minimum atomic E-state index is -0.0771. The lowest BCUT2D eigenvalue weighted by Crippen LogP contribution is -2.25. The van der Waals surface area contributed by atoms with E-state index >= 15 is 0 Å². The van der Waals surface area contributed by atoms with Crippen molar-refractivity contribution in [3.63, 3.8) is 0 Å². The number of aryl methyl sites for hydroxylation is 1. The minimum Gasteiger partial charge on any atom is -0.493 e. The van der Waals surface area contributed by atoms with Crippen LogP contribution < -0.4 is 14.8 Å². The summed E-state index contributed by atoms with van der Waals surface area (Å²) < 4.78 is 12.9. The standard InChI is InChI=1S/C23H27N3O3/c1-15-9-11-26-19-6-5-17(14-18(19)25-22(26)12-15)23(27)24-10-8-16-4-7-20(28-2)21(13-16)29-3/h4-7,13-15H,8-12H2,1-3H3,(H,24,27)/t15-/m1/s1. The molecule has 1 aromatic heterocycles. The molecule has 29 heavy (non-hydrogen) atoms. The van der Waals surface area contributed by atoms with Gasteiger partial charge in [0.25, 0.3) is 5.91 Å². The molecule has 1 amide bonds. The van der Waals surface area contributed by atoms with Crippen LogP contribution in [-0.4, -0.2) is 36.2 Å². The summed E-state index contributed by atoms with van der Waals surface area (Å²) in [4.78, 5) is 17.4. The predicted molar refractivity (Wildman–Crippen MR) is 113 cm³/mol. The topological polar surface area (TPSA) is 65.4 Å². The number of aromatic nitrogens is 2. The molecule has 6 heteroatoms. The van der Waals surface area contributed by atoms with Crippen molar-refractivity contribution in [3.05, 3.63) is 53.3 Å². The van der Waals surface area contributed by atoms with Gasteiger partial charge in [-0.1, -0.05) is 13.0 Å². The first-order chi connectivity index (χ1) is 14.1. The van der Waals surface area contributed by atoms with Gasteiger partial charge < -0.3 is 19.4 Å². The lowest BCUT2D eigenvalue weighted by atomic mass is 10.0. The van der Waals surface area contributed by atoms with Crippen LogP contribution in [0.2, 0.25) is 0 Å². The molecular weight excluding hydrogens is 366 g/mol. The van der Waals surface area contributed by atoms with Gasteiger partial charge in [0.2, 0.25) is 0 Å². The number of imidazole rings is 1. The van der Waals surface area contributed by atoms with Gasteiger partial charge in [-0.25, -0.2) is 4.98 Å². The average Bonchev–Trinajstić information content (AvgIpc) is 3.09. The molecule has 0 aliphatic carbocycles. The average molecular weight is 393 g/mol. The molecular formula is C23H27N3O3. The maximum Gasteiger partial charge on any atom is 0.251 e. The summed E-state index contributed by atoms with van der Waals surface area (Å²) in [5.41, 5.74) is 3.75. The first kappa shape index (κ1) is 19.3. The SMILES string of the molecule is COc1ccc(CCNC(=O)c2ccc3c(c2)nc2n3CC[C@@H](C)C2)cc1OC. The largest absolute Gasteiger partial charge is 0.493 e. The Bertz CT molecular complexity index is 1040. The van der Waals surface area contributed by atoms with E-state index in [1.165, 1.54) is 6.42 Å². The van der Waals surface area contributed by atoms with Crippen molar-refractivity contribution in [1.29, 1.82) is 0 Å². The van der Waals surface area contributed by atoms with Crippen molar-refractivity contribution in [1.82, 2.24) is 14.9 Å². The zero-order valence-corrected chi connectivity index (χ0v) is 17.2. The zero-order valence-electron chi connectivity index (χ0n) is 17.2. The van der Waals surface area contributed by atoms with E-state index in [-0.39, 0.29) is 5.91 Å². The van der Waals surface area contributed by atoms with Crippen LogP contribution in [0.15, 0.2) is 36.4 Å². The first-order valence-electron chi connectivity index (χ1n) is 10.1. The molecule has 6 nitrogen and oxygen atoms in total. The summed E-state index contributed by atoms with van der Waals surface area (Å²) in [6, 6.07) is 11.6. The molecule has 0 radical (unpaired) electrons. The van der Waals surface area contributed by atoms with Gasteiger partial charge in [0, 0.05) is 25.1 Å². The maximum absolute atomic E-state index is 12.6. The van der Waals surface area contributed by atoms with E-state index in [1.807, 2.05) is 36.4 Å². The fraction of sp³-hybridized carbons (Fsp3) is 0.391. The molecule has 1 atom stereocenters. The van der Waals surface area contributed by atoms with Crippen molar-refractivity contribution >= 4 is 16.9 Å². The lowest BCUT2D eigenvalue weighted by molar-refractivity contribution is 0.0954. The van der Waals surface area contributed by atoms with Gasteiger partial charge in [0.05, 0.1) is 25.3 Å². The molecule has 0 saturated heterocycles. The van der Waals surface area contributed by atoms with Crippen LogP contribution in [0.25, 0.3) is 11.0 Å². The molecule has 4 rings (SSSR count). The van der Waals surface area contributed by atoms with Crippen LogP contribution in [0.1, 0.15) is 35.1 Å². The normalized spacial score (nSPS) is 15.8. The number of amides is 1. The Labute approximate surface area is 170 Å². The number of methoxy groups -OCH3 is 2. The van der Waals surface area contributed by atoms with Gasteiger partial charge in [0.1, 0.15) is 5.82 Å². The summed E-state index contributed by atoms with van der Waals surface area (Å²) in [5, 5.41) is 3.00. The monoisotopic (exact) mass is 393 g/mol. The molecule has 2 aromatic carbocycles. The van der Waals surface area contributed by atoms with Crippen molar-refractivity contribution in [2.45, 2.75) is 32.7 Å². The number of nitrogens with zero attached hydrogens (tertiary/aromatic N) is 2. The number of carbonyl (C=O) groups excluding carboxylic acids is 1. The van der Waals surface area contributed by atoms with E-state index in [4.69, 9.17) is 14.5 Å². The molecule has 1 N–H and O–H groups in total. The fourth-order valence-electron chi connectivity index (χ4n) is 3.95. The summed E-state index contributed by atoms with van der Waals surface area (Å²) in [5.74, 6) is 3.11. The third-order valence-corrected chi connectivity index (χ3v) is 5.61. The number of benzene rings is 2. The van der Waals surface area contributed by atoms with Crippen LogP contribution in [0.3, 0.4) is 0 Å². The number of ether oxygens (including phenoxy) is 2. The first-order valence-corrected chi connectivity index (χ1v) is 10.1. The number of hydrogen-bond donors (Lipinski definition) is 1. The van der Waals surface area contributed by atoms with Gasteiger partial charge in [0.15, 0.2) is 11.5 Å². The van der Waals surface area contributed by atoms with E-state index in [9.17, 15) is 4.79 Å². The van der Waals surface area contributed by atoms with E-state index in [0.29, 0.717) is 35.9 Å². The van der Waals surface area contributed by atoms with E-state index in [1.54, 1.807) is 14.2 Å². The predicted octanol–water partition coefficient (Wildman–Crippen LogP) is 3.61. The molecule has 1 aliphatic heterocycles. The second-order valence-electron chi connectivity index (χ2n) is 7.68. The number of fused-ring (bicyclic) bond motifs is 3. The molecule has 0 saturated carbocycles. The summed E-state index contributed by atoms with van der Waals surface area (Å²) >= 11 is 0. The highest BCUT2D eigenvalue weighted by Gasteiger charge is 2.19. The summed E-state index contributed by atoms with van der Waals surface area (Å²) in [6.45, 7) is 3.81. The Kier molecular flexibility index (Phi) is 5.43. The molecule has 0 unspecified atom stereocenters. The Morgan fingerprint density at radius 3 is 2.79 bits per heavy atom. The second kappa shape index (κ2) is 8.15. The number of rotatable bonds is 6. The molecule has 152 valence electrons. The summed E-state index contributed by atoms with van der Waals surface area (Å²) in [6.07, 6.45) is 2.89. The van der Waals surface area contributed by atoms with E-state index in [0.717, 1.165) is 35.4 Å². The van der Waals surface area contributed by atoms with Crippen molar-refractivity contribution in [2.75, 3.05) is 20.8 Å². The number of hydrogen-bond acceptors (Lipinski definition) is 4. The molecule has 1 aliphatic rings. The van der Waals surface area contributed by atoms with Gasteiger partial charge in [-0.2, -0.15) is 0 Å². The Morgan fingerprint density at radius 1 is 1.17 bits per heavy atom. The second-order valence-corrected chi connectivity index (χ2v) is 7.68. The molecule has 0 bridgehead atoms. The Balaban J connectivity index is 1.42. The van der Waals surface area contributed by atoms with Crippen LogP contribution in [0, 0.1) is 5.92 Å². The quantitative estimate of drug-likeness (QED) is 0.695. The van der Waals surface area contributed by atoms with E-state index < -0.39 is 0 Å². The van der Waals surface area contributed by atoms with Crippen LogP contribution in [-0.2, 0) is 19.4 Å². The van der Waals surface area contributed by atoms with Crippen molar-refractivity contribution in [3.8, 4) is 11.5 Å². The highest BCUT2D eigenvalue weighted by atomic mass is 16.5. The Hall–Kier alpha value is -3.02.